The molecule has 0 aliphatic heterocycles. The van der Waals surface area contributed by atoms with Gasteiger partial charge in [-0.2, -0.15) is 0 Å². The maximum Gasteiger partial charge on any atom is 0.0416 e. The second-order valence-electron chi connectivity index (χ2n) is 6.28. The Morgan fingerprint density at radius 1 is 1.44 bits per heavy atom. The second kappa shape index (κ2) is 4.95. The van der Waals surface area contributed by atoms with Gasteiger partial charge >= 0.3 is 0 Å². The molecular formula is C15H26N2S. The maximum atomic E-state index is 6.20. The molecule has 2 atom stereocenters. The van der Waals surface area contributed by atoms with Crippen LogP contribution in [0.2, 0.25) is 0 Å². The van der Waals surface area contributed by atoms with E-state index >= 15 is 0 Å². The van der Waals surface area contributed by atoms with Gasteiger partial charge in [0, 0.05) is 23.0 Å². The van der Waals surface area contributed by atoms with Crippen molar-refractivity contribution >= 4 is 11.3 Å². The monoisotopic (exact) mass is 266 g/mol. The first-order valence-electron chi connectivity index (χ1n) is 6.91. The quantitative estimate of drug-likeness (QED) is 0.901. The van der Waals surface area contributed by atoms with Crippen molar-refractivity contribution < 1.29 is 0 Å². The van der Waals surface area contributed by atoms with Crippen LogP contribution in [0.4, 0.5) is 0 Å². The molecule has 0 aromatic carbocycles. The number of nitrogens with two attached hydrogens (primary N) is 1. The summed E-state index contributed by atoms with van der Waals surface area (Å²) in [7, 11) is 2.25. The van der Waals surface area contributed by atoms with E-state index in [1.54, 1.807) is 0 Å². The Morgan fingerprint density at radius 3 is 2.61 bits per heavy atom. The zero-order valence-electron chi connectivity index (χ0n) is 12.1. The SMILES string of the molecule is CC(c1cccs1)N(C)C1(CN)CCCC1(C)C. The highest BCUT2D eigenvalue weighted by molar-refractivity contribution is 7.10. The van der Waals surface area contributed by atoms with Gasteiger partial charge in [0.2, 0.25) is 0 Å². The fraction of sp³-hybridized carbons (Fsp3) is 0.733. The predicted molar refractivity (Wildman–Crippen MR) is 79.9 cm³/mol. The van der Waals surface area contributed by atoms with Crippen LogP contribution < -0.4 is 5.73 Å². The fourth-order valence-electron chi connectivity index (χ4n) is 3.66. The minimum absolute atomic E-state index is 0.149. The van der Waals surface area contributed by atoms with Crippen LogP contribution in [-0.2, 0) is 0 Å². The third kappa shape index (κ3) is 2.02. The van der Waals surface area contributed by atoms with E-state index in [4.69, 9.17) is 5.73 Å². The van der Waals surface area contributed by atoms with Crippen LogP contribution in [0.3, 0.4) is 0 Å². The summed E-state index contributed by atoms with van der Waals surface area (Å²) in [5.74, 6) is 0. The average molecular weight is 266 g/mol. The first-order chi connectivity index (χ1) is 8.44. The summed E-state index contributed by atoms with van der Waals surface area (Å²) in [4.78, 5) is 3.97. The van der Waals surface area contributed by atoms with Crippen molar-refractivity contribution in [3.8, 4) is 0 Å². The Labute approximate surface area is 115 Å². The highest BCUT2D eigenvalue weighted by Crippen LogP contribution is 2.50. The van der Waals surface area contributed by atoms with Crippen LogP contribution in [0, 0.1) is 5.41 Å². The maximum absolute atomic E-state index is 6.20. The van der Waals surface area contributed by atoms with Gasteiger partial charge < -0.3 is 5.73 Å². The molecule has 18 heavy (non-hydrogen) atoms. The van der Waals surface area contributed by atoms with Crippen molar-refractivity contribution in [1.82, 2.24) is 4.90 Å². The summed E-state index contributed by atoms with van der Waals surface area (Å²) in [6, 6.07) is 4.82. The van der Waals surface area contributed by atoms with E-state index in [0.717, 1.165) is 6.54 Å². The van der Waals surface area contributed by atoms with E-state index in [1.807, 2.05) is 11.3 Å². The largest absolute Gasteiger partial charge is 0.329 e. The molecule has 1 saturated carbocycles. The summed E-state index contributed by atoms with van der Waals surface area (Å²) in [6.45, 7) is 7.82. The molecule has 1 heterocycles. The number of rotatable bonds is 4. The van der Waals surface area contributed by atoms with Gasteiger partial charge in [-0.05, 0) is 43.7 Å². The summed E-state index contributed by atoms with van der Waals surface area (Å²) < 4.78 is 0. The van der Waals surface area contributed by atoms with Gasteiger partial charge in [0.25, 0.3) is 0 Å². The van der Waals surface area contributed by atoms with Crippen LogP contribution in [-0.4, -0.2) is 24.0 Å². The molecule has 2 N–H and O–H groups in total. The standard InChI is InChI=1S/C15H26N2S/c1-12(13-7-5-10-18-13)17(4)15(11-16)9-6-8-14(15,2)3/h5,7,10,12H,6,8-9,11,16H2,1-4H3. The lowest BCUT2D eigenvalue weighted by Gasteiger charge is -2.50. The highest BCUT2D eigenvalue weighted by Gasteiger charge is 2.51. The topological polar surface area (TPSA) is 29.3 Å². The van der Waals surface area contributed by atoms with Gasteiger partial charge in [-0.3, -0.25) is 4.90 Å². The van der Waals surface area contributed by atoms with Crippen molar-refractivity contribution in [2.45, 2.75) is 51.6 Å². The molecule has 2 nitrogen and oxygen atoms in total. The molecule has 0 amide bonds. The van der Waals surface area contributed by atoms with E-state index in [-0.39, 0.29) is 5.54 Å². The first-order valence-corrected chi connectivity index (χ1v) is 7.79. The Hall–Kier alpha value is -0.380. The highest BCUT2D eigenvalue weighted by atomic mass is 32.1. The molecule has 3 heteroatoms. The first kappa shape index (κ1) is 14.0. The molecule has 1 aliphatic carbocycles. The third-order valence-electron chi connectivity index (χ3n) is 5.20. The van der Waals surface area contributed by atoms with Gasteiger partial charge in [0.05, 0.1) is 0 Å². The molecule has 2 rings (SSSR count). The molecule has 1 aromatic rings. The van der Waals surface area contributed by atoms with E-state index in [0.29, 0.717) is 11.5 Å². The zero-order valence-corrected chi connectivity index (χ0v) is 12.9. The molecule has 1 aliphatic rings. The zero-order chi connectivity index (χ0) is 13.4. The summed E-state index contributed by atoms with van der Waals surface area (Å²) in [5, 5.41) is 2.16. The molecule has 0 spiro atoms. The van der Waals surface area contributed by atoms with E-state index < -0.39 is 0 Å². The normalized spacial score (nSPS) is 28.8. The average Bonchev–Trinajstić information content (AvgIpc) is 2.94. The molecule has 102 valence electrons. The van der Waals surface area contributed by atoms with Gasteiger partial charge in [-0.15, -0.1) is 11.3 Å². The molecule has 0 radical (unpaired) electrons. The number of likely N-dealkylation sites (N-methyl/N-ethyl adjacent to an activating group) is 1. The van der Waals surface area contributed by atoms with Gasteiger partial charge in [-0.1, -0.05) is 26.3 Å². The van der Waals surface area contributed by atoms with Crippen LogP contribution in [0.15, 0.2) is 17.5 Å². The van der Waals surface area contributed by atoms with Crippen LogP contribution in [0.25, 0.3) is 0 Å². The summed E-state index contributed by atoms with van der Waals surface area (Å²) >= 11 is 1.84. The molecule has 1 fully saturated rings. The van der Waals surface area contributed by atoms with E-state index in [1.165, 1.54) is 24.1 Å². The third-order valence-corrected chi connectivity index (χ3v) is 6.24. The summed E-state index contributed by atoms with van der Waals surface area (Å²) in [5.41, 5.74) is 6.66. The Kier molecular flexibility index (Phi) is 3.86. The van der Waals surface area contributed by atoms with Crippen molar-refractivity contribution in [3.63, 3.8) is 0 Å². The number of hydrogen-bond donors (Lipinski definition) is 1. The smallest absolute Gasteiger partial charge is 0.0416 e. The Bertz CT molecular complexity index is 385. The predicted octanol–water partition coefficient (Wildman–Crippen LogP) is 3.65. The van der Waals surface area contributed by atoms with Gasteiger partial charge in [-0.25, -0.2) is 0 Å². The molecular weight excluding hydrogens is 240 g/mol. The van der Waals surface area contributed by atoms with Crippen LogP contribution in [0.1, 0.15) is 51.0 Å². The van der Waals surface area contributed by atoms with E-state index in [2.05, 4.69) is 50.2 Å². The van der Waals surface area contributed by atoms with Crippen molar-refractivity contribution in [2.24, 2.45) is 11.1 Å². The van der Waals surface area contributed by atoms with Gasteiger partial charge in [0.1, 0.15) is 0 Å². The number of thiophene rings is 1. The fourth-order valence-corrected chi connectivity index (χ4v) is 4.49. The lowest BCUT2D eigenvalue weighted by molar-refractivity contribution is 0.00689. The lowest BCUT2D eigenvalue weighted by atomic mass is 9.73. The Balaban J connectivity index is 2.28. The molecule has 2 unspecified atom stereocenters. The van der Waals surface area contributed by atoms with Crippen molar-refractivity contribution in [1.29, 1.82) is 0 Å². The van der Waals surface area contributed by atoms with Crippen molar-refractivity contribution in [3.05, 3.63) is 22.4 Å². The van der Waals surface area contributed by atoms with E-state index in [9.17, 15) is 0 Å². The van der Waals surface area contributed by atoms with Gasteiger partial charge in [0.15, 0.2) is 0 Å². The number of hydrogen-bond acceptors (Lipinski definition) is 3. The second-order valence-corrected chi connectivity index (χ2v) is 7.25. The molecule has 1 aromatic heterocycles. The van der Waals surface area contributed by atoms with Crippen LogP contribution >= 0.6 is 11.3 Å². The Morgan fingerprint density at radius 2 is 2.17 bits per heavy atom. The van der Waals surface area contributed by atoms with Crippen molar-refractivity contribution in [2.75, 3.05) is 13.6 Å². The summed E-state index contributed by atoms with van der Waals surface area (Å²) in [6.07, 6.45) is 3.81. The minimum atomic E-state index is 0.149. The molecule has 0 bridgehead atoms. The molecule has 0 saturated heterocycles. The lowest BCUT2D eigenvalue weighted by Crippen LogP contribution is -2.58. The van der Waals surface area contributed by atoms with Crippen LogP contribution in [0.5, 0.6) is 0 Å². The minimum Gasteiger partial charge on any atom is -0.329 e. The number of nitrogens with zero attached hydrogens (tertiary/aromatic N) is 1.